The SMILES string of the molecule is Nc1cnc(CCl)c(C(=O)O)c1C(F)F. The van der Waals surface area contributed by atoms with Crippen LogP contribution in [0.2, 0.25) is 0 Å². The smallest absolute Gasteiger partial charge is 0.338 e. The molecule has 0 amide bonds. The zero-order valence-electron chi connectivity index (χ0n) is 7.38. The number of carbonyl (C=O) groups is 1. The van der Waals surface area contributed by atoms with Crippen LogP contribution >= 0.6 is 11.6 Å². The number of anilines is 1. The summed E-state index contributed by atoms with van der Waals surface area (Å²) in [7, 11) is 0. The number of nitrogens with zero attached hydrogens (tertiary/aromatic N) is 1. The van der Waals surface area contributed by atoms with Crippen molar-refractivity contribution in [1.29, 1.82) is 0 Å². The van der Waals surface area contributed by atoms with Crippen molar-refractivity contribution in [2.24, 2.45) is 0 Å². The van der Waals surface area contributed by atoms with E-state index < -0.39 is 23.5 Å². The van der Waals surface area contributed by atoms with E-state index in [9.17, 15) is 13.6 Å². The van der Waals surface area contributed by atoms with E-state index >= 15 is 0 Å². The highest BCUT2D eigenvalue weighted by molar-refractivity contribution is 6.17. The van der Waals surface area contributed by atoms with Gasteiger partial charge in [-0.1, -0.05) is 0 Å². The van der Waals surface area contributed by atoms with E-state index in [2.05, 4.69) is 4.98 Å². The Hall–Kier alpha value is -1.43. The number of carboxylic acid groups (broad SMARTS) is 1. The van der Waals surface area contributed by atoms with Crippen LogP contribution in [0.15, 0.2) is 6.20 Å². The Balaban J connectivity index is 3.51. The summed E-state index contributed by atoms with van der Waals surface area (Å²) in [6.07, 6.45) is -1.99. The molecule has 0 saturated carbocycles. The monoisotopic (exact) mass is 236 g/mol. The van der Waals surface area contributed by atoms with Crippen LogP contribution in [0.4, 0.5) is 14.5 Å². The number of aromatic carboxylic acids is 1. The maximum absolute atomic E-state index is 12.6. The van der Waals surface area contributed by atoms with Crippen molar-refractivity contribution < 1.29 is 18.7 Å². The molecule has 0 spiro atoms. The number of aromatic nitrogens is 1. The third-order valence-corrected chi connectivity index (χ3v) is 2.04. The van der Waals surface area contributed by atoms with Gasteiger partial charge in [-0.25, -0.2) is 13.6 Å². The molecule has 0 fully saturated rings. The van der Waals surface area contributed by atoms with Gasteiger partial charge in [0.2, 0.25) is 0 Å². The molecule has 1 aromatic rings. The number of alkyl halides is 3. The molecule has 0 bridgehead atoms. The maximum atomic E-state index is 12.6. The minimum atomic E-state index is -2.97. The summed E-state index contributed by atoms with van der Waals surface area (Å²) in [6, 6.07) is 0. The molecule has 1 rings (SSSR count). The van der Waals surface area contributed by atoms with E-state index in [0.29, 0.717) is 0 Å². The van der Waals surface area contributed by atoms with Gasteiger partial charge in [-0.05, 0) is 0 Å². The Morgan fingerprint density at radius 3 is 2.67 bits per heavy atom. The van der Waals surface area contributed by atoms with E-state index in [4.69, 9.17) is 22.4 Å². The number of pyridine rings is 1. The van der Waals surface area contributed by atoms with Gasteiger partial charge < -0.3 is 10.8 Å². The first-order valence-corrected chi connectivity index (χ1v) is 4.37. The molecule has 0 aliphatic heterocycles. The van der Waals surface area contributed by atoms with Crippen LogP contribution in [0.5, 0.6) is 0 Å². The summed E-state index contributed by atoms with van der Waals surface area (Å²) in [4.78, 5) is 14.4. The van der Waals surface area contributed by atoms with Gasteiger partial charge in [-0.15, -0.1) is 11.6 Å². The van der Waals surface area contributed by atoms with Crippen LogP contribution in [0, 0.1) is 0 Å². The molecule has 0 atom stereocenters. The Kier molecular flexibility index (Phi) is 3.41. The maximum Gasteiger partial charge on any atom is 0.338 e. The zero-order chi connectivity index (χ0) is 11.6. The minimum absolute atomic E-state index is 0.117. The Morgan fingerprint density at radius 2 is 2.27 bits per heavy atom. The van der Waals surface area contributed by atoms with E-state index in [-0.39, 0.29) is 17.3 Å². The number of nitrogen functional groups attached to an aromatic ring is 1. The number of hydrogen-bond donors (Lipinski definition) is 2. The highest BCUT2D eigenvalue weighted by Gasteiger charge is 2.24. The van der Waals surface area contributed by atoms with Crippen molar-refractivity contribution in [2.45, 2.75) is 12.3 Å². The second-order valence-corrected chi connectivity index (χ2v) is 2.96. The molecule has 0 aromatic carbocycles. The standard InChI is InChI=1S/C8H7ClF2N2O2/c9-1-4-6(8(14)15)5(7(10)11)3(12)2-13-4/h2,7H,1,12H2,(H,14,15). The Labute approximate surface area is 88.7 Å². The van der Waals surface area contributed by atoms with Crippen molar-refractivity contribution in [2.75, 3.05) is 5.73 Å². The van der Waals surface area contributed by atoms with Gasteiger partial charge in [0.05, 0.1) is 34.6 Å². The van der Waals surface area contributed by atoms with Gasteiger partial charge in [-0.2, -0.15) is 0 Å². The number of nitrogens with two attached hydrogens (primary N) is 1. The molecular weight excluding hydrogens is 230 g/mol. The van der Waals surface area contributed by atoms with E-state index in [1.165, 1.54) is 0 Å². The fourth-order valence-electron chi connectivity index (χ4n) is 1.16. The van der Waals surface area contributed by atoms with Crippen LogP contribution in [0.25, 0.3) is 0 Å². The summed E-state index contributed by atoms with van der Waals surface area (Å²) >= 11 is 5.39. The summed E-state index contributed by atoms with van der Waals surface area (Å²) in [6.45, 7) is 0. The van der Waals surface area contributed by atoms with Crippen LogP contribution in [-0.4, -0.2) is 16.1 Å². The first-order valence-electron chi connectivity index (χ1n) is 3.83. The van der Waals surface area contributed by atoms with Gasteiger partial charge in [0.25, 0.3) is 6.43 Å². The fraction of sp³-hybridized carbons (Fsp3) is 0.250. The third-order valence-electron chi connectivity index (χ3n) is 1.79. The lowest BCUT2D eigenvalue weighted by Crippen LogP contribution is -2.11. The van der Waals surface area contributed by atoms with Crippen LogP contribution in [0.1, 0.15) is 28.0 Å². The topological polar surface area (TPSA) is 76.2 Å². The van der Waals surface area contributed by atoms with E-state index in [1.807, 2.05) is 0 Å². The molecular formula is C8H7ClF2N2O2. The molecule has 3 N–H and O–H groups in total. The Morgan fingerprint density at radius 1 is 1.67 bits per heavy atom. The Bertz CT molecular complexity index is 398. The minimum Gasteiger partial charge on any atom is -0.478 e. The lowest BCUT2D eigenvalue weighted by molar-refractivity contribution is 0.0683. The lowest BCUT2D eigenvalue weighted by atomic mass is 10.1. The average molecular weight is 237 g/mol. The highest BCUT2D eigenvalue weighted by Crippen LogP contribution is 2.30. The molecule has 0 unspecified atom stereocenters. The van der Waals surface area contributed by atoms with Crippen molar-refractivity contribution in [3.63, 3.8) is 0 Å². The van der Waals surface area contributed by atoms with E-state index in [0.717, 1.165) is 6.20 Å². The lowest BCUT2D eigenvalue weighted by Gasteiger charge is -2.10. The molecule has 7 heteroatoms. The molecule has 1 heterocycles. The number of carboxylic acids is 1. The summed E-state index contributed by atoms with van der Waals surface area (Å²) in [5.74, 6) is -1.78. The van der Waals surface area contributed by atoms with Crippen molar-refractivity contribution >= 4 is 23.3 Å². The zero-order valence-corrected chi connectivity index (χ0v) is 8.13. The molecule has 82 valence electrons. The van der Waals surface area contributed by atoms with Gasteiger partial charge in [0.15, 0.2) is 0 Å². The highest BCUT2D eigenvalue weighted by atomic mass is 35.5. The summed E-state index contributed by atoms with van der Waals surface area (Å²) in [5.41, 5.74) is 3.43. The first kappa shape index (κ1) is 11.6. The second kappa shape index (κ2) is 4.39. The quantitative estimate of drug-likeness (QED) is 0.788. The van der Waals surface area contributed by atoms with Crippen LogP contribution in [-0.2, 0) is 5.88 Å². The summed E-state index contributed by atoms with van der Waals surface area (Å²) < 4.78 is 25.1. The summed E-state index contributed by atoms with van der Waals surface area (Å²) in [5, 5.41) is 8.76. The van der Waals surface area contributed by atoms with Gasteiger partial charge in [-0.3, -0.25) is 4.98 Å². The molecule has 15 heavy (non-hydrogen) atoms. The molecule has 0 radical (unpaired) electrons. The third kappa shape index (κ3) is 2.15. The fourth-order valence-corrected chi connectivity index (χ4v) is 1.36. The van der Waals surface area contributed by atoms with Gasteiger partial charge in [0.1, 0.15) is 0 Å². The van der Waals surface area contributed by atoms with Gasteiger partial charge >= 0.3 is 5.97 Å². The van der Waals surface area contributed by atoms with E-state index in [1.54, 1.807) is 0 Å². The largest absolute Gasteiger partial charge is 0.478 e. The molecule has 0 saturated heterocycles. The predicted octanol–water partition coefficient (Wildman–Crippen LogP) is 2.04. The molecule has 1 aromatic heterocycles. The normalized spacial score (nSPS) is 10.7. The number of halogens is 3. The van der Waals surface area contributed by atoms with Crippen molar-refractivity contribution in [3.8, 4) is 0 Å². The van der Waals surface area contributed by atoms with Crippen LogP contribution in [0.3, 0.4) is 0 Å². The second-order valence-electron chi connectivity index (χ2n) is 2.69. The number of rotatable bonds is 3. The average Bonchev–Trinajstić information content (AvgIpc) is 2.16. The molecule has 4 nitrogen and oxygen atoms in total. The van der Waals surface area contributed by atoms with Crippen molar-refractivity contribution in [1.82, 2.24) is 4.98 Å². The number of hydrogen-bond acceptors (Lipinski definition) is 3. The van der Waals surface area contributed by atoms with Gasteiger partial charge in [0, 0.05) is 0 Å². The molecule has 0 aliphatic carbocycles. The van der Waals surface area contributed by atoms with Crippen molar-refractivity contribution in [3.05, 3.63) is 23.0 Å². The molecule has 0 aliphatic rings. The predicted molar refractivity (Wildman–Crippen MR) is 50.1 cm³/mol. The van der Waals surface area contributed by atoms with Crippen LogP contribution < -0.4 is 5.73 Å². The first-order chi connectivity index (χ1) is 6.99.